The van der Waals surface area contributed by atoms with Gasteiger partial charge in [0, 0.05) is 23.6 Å². The van der Waals surface area contributed by atoms with E-state index in [-0.39, 0.29) is 11.5 Å². The summed E-state index contributed by atoms with van der Waals surface area (Å²) in [5, 5.41) is 10.5. The summed E-state index contributed by atoms with van der Waals surface area (Å²) in [6.07, 6.45) is 6.65. The predicted molar refractivity (Wildman–Crippen MR) is 97.0 cm³/mol. The van der Waals surface area contributed by atoms with Gasteiger partial charge in [0.05, 0.1) is 0 Å². The zero-order chi connectivity index (χ0) is 16.9. The maximum absolute atomic E-state index is 10.5. The van der Waals surface area contributed by atoms with E-state index in [2.05, 4.69) is 24.8 Å². The molecular weight excluding hydrogens is 310 g/mol. The summed E-state index contributed by atoms with van der Waals surface area (Å²) in [6.45, 7) is 7.43. The standard InChI is InChI=1S/C22H29NO2/c1-12-9-18-22-7-8-23(11-14-3-4-14)16(19(22)13(12)2)10-15-5-6-17(24)21(25-18)20(15)22/h5-6,12-14,16,18-19,24H,3-4,7-11H2,1-2H3/t12?,13?,16-,18?,19+,22+/m1/s1. The molecule has 2 bridgehead atoms. The third kappa shape index (κ3) is 1.76. The second-order valence-corrected chi connectivity index (χ2v) is 9.65. The third-order valence-corrected chi connectivity index (χ3v) is 8.48. The fourth-order valence-corrected chi connectivity index (χ4v) is 7.04. The largest absolute Gasteiger partial charge is 0.504 e. The maximum atomic E-state index is 10.5. The zero-order valence-electron chi connectivity index (χ0n) is 15.4. The molecule has 1 aromatic rings. The topological polar surface area (TPSA) is 32.7 Å². The Kier molecular flexibility index (Phi) is 2.82. The van der Waals surface area contributed by atoms with Crippen LogP contribution in [0.2, 0.25) is 0 Å². The van der Waals surface area contributed by atoms with Crippen LogP contribution in [-0.2, 0) is 11.8 Å². The van der Waals surface area contributed by atoms with E-state index in [1.165, 1.54) is 43.5 Å². The van der Waals surface area contributed by atoms with Crippen LogP contribution in [0.15, 0.2) is 12.1 Å². The molecular formula is C22H29NO2. The molecule has 6 atom stereocenters. The predicted octanol–water partition coefficient (Wildman–Crippen LogP) is 3.72. The van der Waals surface area contributed by atoms with E-state index >= 15 is 0 Å². The van der Waals surface area contributed by atoms with Gasteiger partial charge in [-0.15, -0.1) is 0 Å². The van der Waals surface area contributed by atoms with Crippen molar-refractivity contribution in [3.05, 3.63) is 23.3 Å². The molecule has 0 amide bonds. The molecule has 2 heterocycles. The average Bonchev–Trinajstić information content (AvgIpc) is 3.35. The molecule has 25 heavy (non-hydrogen) atoms. The number of piperidine rings is 1. The maximum Gasteiger partial charge on any atom is 0.165 e. The van der Waals surface area contributed by atoms with Crippen molar-refractivity contribution in [2.75, 3.05) is 13.1 Å². The van der Waals surface area contributed by atoms with E-state index in [4.69, 9.17) is 4.74 Å². The van der Waals surface area contributed by atoms with Crippen molar-refractivity contribution in [1.82, 2.24) is 4.90 Å². The Bertz CT molecular complexity index is 742. The first-order valence-corrected chi connectivity index (χ1v) is 10.4. The van der Waals surface area contributed by atoms with Crippen molar-refractivity contribution < 1.29 is 9.84 Å². The lowest BCUT2D eigenvalue weighted by Gasteiger charge is -2.61. The van der Waals surface area contributed by atoms with Gasteiger partial charge >= 0.3 is 0 Å². The summed E-state index contributed by atoms with van der Waals surface area (Å²) in [6, 6.07) is 4.73. The SMILES string of the molecule is CC1CC2Oc3c(O)ccc4c3[C@@]23CCN(CC2CC2)[C@H](C4)[C@@H]3C1C. The summed E-state index contributed by atoms with van der Waals surface area (Å²) in [4.78, 5) is 2.84. The van der Waals surface area contributed by atoms with Crippen LogP contribution in [0.4, 0.5) is 0 Å². The van der Waals surface area contributed by atoms with Gasteiger partial charge in [-0.2, -0.15) is 0 Å². The highest BCUT2D eigenvalue weighted by atomic mass is 16.5. The van der Waals surface area contributed by atoms with Crippen LogP contribution in [0, 0.1) is 23.7 Å². The molecule has 2 aliphatic heterocycles. The lowest BCUT2D eigenvalue weighted by atomic mass is 9.47. The first-order valence-electron chi connectivity index (χ1n) is 10.4. The molecule has 3 aliphatic carbocycles. The van der Waals surface area contributed by atoms with Gasteiger partial charge in [-0.1, -0.05) is 19.9 Å². The van der Waals surface area contributed by atoms with Crippen LogP contribution < -0.4 is 4.74 Å². The fourth-order valence-electron chi connectivity index (χ4n) is 7.04. The van der Waals surface area contributed by atoms with Crippen LogP contribution in [-0.4, -0.2) is 35.2 Å². The molecule has 3 fully saturated rings. The van der Waals surface area contributed by atoms with Crippen molar-refractivity contribution in [2.45, 2.75) is 63.5 Å². The van der Waals surface area contributed by atoms with Gasteiger partial charge in [0.15, 0.2) is 11.5 Å². The summed E-state index contributed by atoms with van der Waals surface area (Å²) in [5.74, 6) is 4.27. The number of benzene rings is 1. The Balaban J connectivity index is 1.54. The monoisotopic (exact) mass is 339 g/mol. The minimum Gasteiger partial charge on any atom is -0.504 e. The molecule has 1 spiro atoms. The number of aromatic hydroxyl groups is 1. The average molecular weight is 339 g/mol. The van der Waals surface area contributed by atoms with Gasteiger partial charge in [-0.05, 0) is 74.0 Å². The lowest BCUT2D eigenvalue weighted by Crippen LogP contribution is -2.67. The van der Waals surface area contributed by atoms with Gasteiger partial charge in [-0.3, -0.25) is 4.90 Å². The van der Waals surface area contributed by atoms with E-state index in [1.807, 2.05) is 6.07 Å². The normalized spacial score (nSPS) is 44.3. The molecule has 3 nitrogen and oxygen atoms in total. The third-order valence-electron chi connectivity index (χ3n) is 8.48. The molecule has 2 saturated carbocycles. The number of ether oxygens (including phenoxy) is 1. The number of hydrogen-bond acceptors (Lipinski definition) is 3. The van der Waals surface area contributed by atoms with Crippen molar-refractivity contribution >= 4 is 0 Å². The van der Waals surface area contributed by atoms with Gasteiger partial charge in [0.1, 0.15) is 6.10 Å². The molecule has 6 rings (SSSR count). The second kappa shape index (κ2) is 4.73. The van der Waals surface area contributed by atoms with E-state index in [9.17, 15) is 5.11 Å². The Morgan fingerprint density at radius 2 is 2.12 bits per heavy atom. The van der Waals surface area contributed by atoms with Crippen LogP contribution in [0.5, 0.6) is 11.5 Å². The molecule has 3 unspecified atom stereocenters. The van der Waals surface area contributed by atoms with Gasteiger partial charge < -0.3 is 9.84 Å². The highest BCUT2D eigenvalue weighted by Gasteiger charge is 2.66. The van der Waals surface area contributed by atoms with Crippen molar-refractivity contribution in [1.29, 1.82) is 0 Å². The molecule has 0 aromatic heterocycles. The summed E-state index contributed by atoms with van der Waals surface area (Å²) in [7, 11) is 0. The Morgan fingerprint density at radius 1 is 1.28 bits per heavy atom. The highest BCUT2D eigenvalue weighted by Crippen LogP contribution is 2.65. The second-order valence-electron chi connectivity index (χ2n) is 9.65. The molecule has 1 N–H and O–H groups in total. The Hall–Kier alpha value is -1.22. The number of phenols is 1. The molecule has 0 radical (unpaired) electrons. The number of phenolic OH excluding ortho intramolecular Hbond substituents is 1. The van der Waals surface area contributed by atoms with Crippen molar-refractivity contribution in [3.63, 3.8) is 0 Å². The van der Waals surface area contributed by atoms with E-state index in [1.54, 1.807) is 0 Å². The lowest BCUT2D eigenvalue weighted by molar-refractivity contribution is -0.0955. The van der Waals surface area contributed by atoms with E-state index in [0.29, 0.717) is 23.6 Å². The molecule has 1 saturated heterocycles. The van der Waals surface area contributed by atoms with Crippen molar-refractivity contribution in [2.24, 2.45) is 23.7 Å². The number of nitrogens with zero attached hydrogens (tertiary/aromatic N) is 1. The van der Waals surface area contributed by atoms with Gasteiger partial charge in [-0.25, -0.2) is 0 Å². The van der Waals surface area contributed by atoms with Crippen LogP contribution in [0.1, 0.15) is 50.7 Å². The Labute approximate surface area is 150 Å². The zero-order valence-corrected chi connectivity index (χ0v) is 15.4. The van der Waals surface area contributed by atoms with Gasteiger partial charge in [0.2, 0.25) is 0 Å². The number of hydrogen-bond donors (Lipinski definition) is 1. The van der Waals surface area contributed by atoms with Crippen LogP contribution >= 0.6 is 0 Å². The summed E-state index contributed by atoms with van der Waals surface area (Å²) < 4.78 is 6.49. The minimum atomic E-state index is 0.165. The molecule has 5 aliphatic rings. The van der Waals surface area contributed by atoms with Crippen molar-refractivity contribution in [3.8, 4) is 11.5 Å². The van der Waals surface area contributed by atoms with Gasteiger partial charge in [0.25, 0.3) is 0 Å². The number of likely N-dealkylation sites (tertiary alicyclic amines) is 1. The number of rotatable bonds is 2. The first-order chi connectivity index (χ1) is 12.1. The van der Waals surface area contributed by atoms with Crippen LogP contribution in [0.3, 0.4) is 0 Å². The molecule has 1 aromatic carbocycles. The summed E-state index contributed by atoms with van der Waals surface area (Å²) in [5.41, 5.74) is 3.03. The highest BCUT2D eigenvalue weighted by molar-refractivity contribution is 5.60. The van der Waals surface area contributed by atoms with E-state index in [0.717, 1.165) is 30.4 Å². The minimum absolute atomic E-state index is 0.165. The summed E-state index contributed by atoms with van der Waals surface area (Å²) >= 11 is 0. The first kappa shape index (κ1) is 14.9. The smallest absolute Gasteiger partial charge is 0.165 e. The van der Waals surface area contributed by atoms with Crippen LogP contribution in [0.25, 0.3) is 0 Å². The molecule has 134 valence electrons. The molecule has 3 heteroatoms. The quantitative estimate of drug-likeness (QED) is 0.891. The van der Waals surface area contributed by atoms with E-state index < -0.39 is 0 Å². The fraction of sp³-hybridized carbons (Fsp3) is 0.727. The Morgan fingerprint density at radius 3 is 2.92 bits per heavy atom.